The zero-order valence-corrected chi connectivity index (χ0v) is 15.5. The van der Waals surface area contributed by atoms with Crippen molar-refractivity contribution in [3.8, 4) is 0 Å². The highest BCUT2D eigenvalue weighted by Crippen LogP contribution is 2.32. The van der Waals surface area contributed by atoms with Gasteiger partial charge in [-0.2, -0.15) is 0 Å². The van der Waals surface area contributed by atoms with Gasteiger partial charge in [0.25, 0.3) is 5.91 Å². The van der Waals surface area contributed by atoms with Crippen LogP contribution in [0.4, 0.5) is 5.13 Å². The van der Waals surface area contributed by atoms with Crippen molar-refractivity contribution in [2.24, 2.45) is 0 Å². The highest BCUT2D eigenvalue weighted by molar-refractivity contribution is 9.10. The Bertz CT molecular complexity index is 1040. The fraction of sp³-hybridized carbons (Fsp3) is 0.118. The van der Waals surface area contributed by atoms with Crippen molar-refractivity contribution in [2.45, 2.75) is 13.5 Å². The summed E-state index contributed by atoms with van der Waals surface area (Å²) in [5, 5.41) is 4.37. The second-order valence-corrected chi connectivity index (χ2v) is 7.34. The molecule has 1 amide bonds. The lowest BCUT2D eigenvalue weighted by molar-refractivity contribution is 0.0947. The molecule has 126 valence electrons. The molecular formula is C17H12BrN3O3S. The molecule has 6 nitrogen and oxygen atoms in total. The van der Waals surface area contributed by atoms with Gasteiger partial charge in [0.05, 0.1) is 28.7 Å². The Morgan fingerprint density at radius 3 is 2.92 bits per heavy atom. The van der Waals surface area contributed by atoms with Crippen molar-refractivity contribution in [1.82, 2.24) is 10.1 Å². The molecule has 0 unspecified atom stereocenters. The second kappa shape index (κ2) is 6.45. The summed E-state index contributed by atoms with van der Waals surface area (Å²) >= 11 is 4.89. The van der Waals surface area contributed by atoms with Crippen LogP contribution in [-0.4, -0.2) is 16.0 Å². The molecule has 25 heavy (non-hydrogen) atoms. The van der Waals surface area contributed by atoms with E-state index >= 15 is 0 Å². The first-order chi connectivity index (χ1) is 12.1. The number of aromatic nitrogens is 2. The van der Waals surface area contributed by atoms with E-state index in [4.69, 9.17) is 8.94 Å². The Morgan fingerprint density at radius 1 is 1.32 bits per heavy atom. The molecule has 0 aliphatic heterocycles. The number of thiazole rings is 1. The minimum Gasteiger partial charge on any atom is -0.467 e. The van der Waals surface area contributed by atoms with Gasteiger partial charge in [0, 0.05) is 10.5 Å². The summed E-state index contributed by atoms with van der Waals surface area (Å²) in [4.78, 5) is 19.1. The molecule has 0 spiro atoms. The number of benzene rings is 1. The van der Waals surface area contributed by atoms with Crippen LogP contribution in [0.2, 0.25) is 0 Å². The molecule has 0 aliphatic rings. The van der Waals surface area contributed by atoms with Crippen LogP contribution in [0.1, 0.15) is 22.0 Å². The molecule has 0 aliphatic carbocycles. The Hall–Kier alpha value is -2.45. The number of amides is 1. The minimum atomic E-state index is -0.310. The standard InChI is InChI=1S/C17H12BrN3O3S/c1-10-7-14(24-20-10)16(22)21(9-12-3-2-6-23-12)17-19-13-5-4-11(18)8-15(13)25-17/h2-8H,9H2,1H3. The maximum atomic E-state index is 12.9. The van der Waals surface area contributed by atoms with Gasteiger partial charge in [0.2, 0.25) is 5.76 Å². The largest absolute Gasteiger partial charge is 0.467 e. The van der Waals surface area contributed by atoms with Crippen LogP contribution in [0.3, 0.4) is 0 Å². The number of hydrogen-bond acceptors (Lipinski definition) is 6. The molecule has 0 bridgehead atoms. The van der Waals surface area contributed by atoms with Crippen molar-refractivity contribution in [3.05, 3.63) is 64.3 Å². The van der Waals surface area contributed by atoms with Crippen molar-refractivity contribution in [3.63, 3.8) is 0 Å². The van der Waals surface area contributed by atoms with Gasteiger partial charge >= 0.3 is 0 Å². The summed E-state index contributed by atoms with van der Waals surface area (Å²) in [7, 11) is 0. The number of carbonyl (C=O) groups is 1. The van der Waals surface area contributed by atoms with E-state index < -0.39 is 0 Å². The van der Waals surface area contributed by atoms with E-state index in [1.165, 1.54) is 16.2 Å². The summed E-state index contributed by atoms with van der Waals surface area (Å²) in [5.74, 6) is 0.518. The van der Waals surface area contributed by atoms with Gasteiger partial charge in [-0.25, -0.2) is 4.98 Å². The van der Waals surface area contributed by atoms with Crippen LogP contribution in [0.15, 0.2) is 56.1 Å². The van der Waals surface area contributed by atoms with Gasteiger partial charge in [0.15, 0.2) is 5.13 Å². The zero-order chi connectivity index (χ0) is 17.4. The van der Waals surface area contributed by atoms with E-state index in [0.29, 0.717) is 16.6 Å². The number of fused-ring (bicyclic) bond motifs is 1. The highest BCUT2D eigenvalue weighted by atomic mass is 79.9. The number of nitrogens with zero attached hydrogens (tertiary/aromatic N) is 3. The number of furan rings is 1. The SMILES string of the molecule is Cc1cc(C(=O)N(Cc2ccco2)c2nc3ccc(Br)cc3s2)on1. The third-order valence-corrected chi connectivity index (χ3v) is 5.08. The molecule has 8 heteroatoms. The molecule has 4 rings (SSSR count). The van der Waals surface area contributed by atoms with Crippen molar-refractivity contribution < 1.29 is 13.7 Å². The number of hydrogen-bond donors (Lipinski definition) is 0. The summed E-state index contributed by atoms with van der Waals surface area (Å²) in [6.45, 7) is 2.03. The van der Waals surface area contributed by atoms with Gasteiger partial charge in [-0.1, -0.05) is 32.4 Å². The number of rotatable bonds is 4. The third kappa shape index (κ3) is 3.22. The van der Waals surface area contributed by atoms with Crippen LogP contribution in [0, 0.1) is 6.92 Å². The van der Waals surface area contributed by atoms with Crippen molar-refractivity contribution >= 4 is 48.5 Å². The first-order valence-corrected chi connectivity index (χ1v) is 9.05. The van der Waals surface area contributed by atoms with Gasteiger partial charge in [-0.15, -0.1) is 0 Å². The first kappa shape index (κ1) is 16.0. The van der Waals surface area contributed by atoms with Gasteiger partial charge in [-0.3, -0.25) is 9.69 Å². The Kier molecular flexibility index (Phi) is 4.14. The molecule has 1 aromatic carbocycles. The van der Waals surface area contributed by atoms with Crippen molar-refractivity contribution in [2.75, 3.05) is 4.90 Å². The van der Waals surface area contributed by atoms with E-state index in [-0.39, 0.29) is 18.2 Å². The maximum Gasteiger partial charge on any atom is 0.299 e. The Labute approximate surface area is 155 Å². The molecule has 4 aromatic rings. The molecule has 0 atom stereocenters. The highest BCUT2D eigenvalue weighted by Gasteiger charge is 2.25. The second-order valence-electron chi connectivity index (χ2n) is 5.41. The van der Waals surface area contributed by atoms with E-state index in [2.05, 4.69) is 26.1 Å². The van der Waals surface area contributed by atoms with Crippen LogP contribution in [0.25, 0.3) is 10.2 Å². The third-order valence-electron chi connectivity index (χ3n) is 3.55. The van der Waals surface area contributed by atoms with Crippen LogP contribution in [0.5, 0.6) is 0 Å². The van der Waals surface area contributed by atoms with E-state index in [1.54, 1.807) is 25.3 Å². The van der Waals surface area contributed by atoms with E-state index in [0.717, 1.165) is 14.7 Å². The molecule has 0 N–H and O–H groups in total. The fourth-order valence-electron chi connectivity index (χ4n) is 2.38. The van der Waals surface area contributed by atoms with Crippen LogP contribution in [-0.2, 0) is 6.54 Å². The van der Waals surface area contributed by atoms with Gasteiger partial charge < -0.3 is 8.94 Å². The number of anilines is 1. The lowest BCUT2D eigenvalue weighted by Crippen LogP contribution is -2.29. The number of halogens is 1. The topological polar surface area (TPSA) is 72.4 Å². The molecule has 0 fully saturated rings. The van der Waals surface area contributed by atoms with Crippen LogP contribution >= 0.6 is 27.3 Å². The maximum absolute atomic E-state index is 12.9. The molecule has 3 aromatic heterocycles. The average molecular weight is 418 g/mol. The molecule has 3 heterocycles. The minimum absolute atomic E-state index is 0.171. The van der Waals surface area contributed by atoms with E-state index in [9.17, 15) is 4.79 Å². The summed E-state index contributed by atoms with van der Waals surface area (Å²) in [6.07, 6.45) is 1.58. The quantitative estimate of drug-likeness (QED) is 0.476. The first-order valence-electron chi connectivity index (χ1n) is 7.44. The molecule has 0 radical (unpaired) electrons. The molecule has 0 saturated heterocycles. The normalized spacial score (nSPS) is 11.1. The van der Waals surface area contributed by atoms with Crippen molar-refractivity contribution in [1.29, 1.82) is 0 Å². The Balaban J connectivity index is 1.76. The lowest BCUT2D eigenvalue weighted by atomic mass is 10.3. The average Bonchev–Trinajstić information content (AvgIpc) is 3.31. The summed E-state index contributed by atoms with van der Waals surface area (Å²) < 4.78 is 12.5. The summed E-state index contributed by atoms with van der Waals surface area (Å²) in [5.41, 5.74) is 1.48. The van der Waals surface area contributed by atoms with E-state index in [1.807, 2.05) is 24.3 Å². The lowest BCUT2D eigenvalue weighted by Gasteiger charge is -2.16. The zero-order valence-electron chi connectivity index (χ0n) is 13.1. The smallest absolute Gasteiger partial charge is 0.299 e. The fourth-order valence-corrected chi connectivity index (χ4v) is 3.90. The Morgan fingerprint density at radius 2 is 2.20 bits per heavy atom. The van der Waals surface area contributed by atoms with Crippen LogP contribution < -0.4 is 4.90 Å². The molecule has 0 saturated carbocycles. The number of aryl methyl sites for hydroxylation is 1. The molecular weight excluding hydrogens is 406 g/mol. The van der Waals surface area contributed by atoms with Gasteiger partial charge in [-0.05, 0) is 37.3 Å². The number of carbonyl (C=O) groups excluding carboxylic acids is 1. The predicted molar refractivity (Wildman–Crippen MR) is 97.8 cm³/mol. The summed E-state index contributed by atoms with van der Waals surface area (Å²) in [6, 6.07) is 11.0. The predicted octanol–water partition coefficient (Wildman–Crippen LogP) is 4.80. The van der Waals surface area contributed by atoms with Gasteiger partial charge in [0.1, 0.15) is 5.76 Å². The monoisotopic (exact) mass is 417 g/mol.